The van der Waals surface area contributed by atoms with Crippen LogP contribution >= 0.6 is 7.92 Å². The largest absolute Gasteiger partial charge is 0.313 e. The van der Waals surface area contributed by atoms with Crippen molar-refractivity contribution in [1.82, 2.24) is 5.32 Å². The maximum absolute atomic E-state index is 3.69. The zero-order chi connectivity index (χ0) is 13.8. The van der Waals surface area contributed by atoms with Crippen molar-refractivity contribution < 1.29 is 0 Å². The molecule has 1 heterocycles. The number of hydrogen-bond acceptors (Lipinski definition) is 1. The molecule has 0 bridgehead atoms. The van der Waals surface area contributed by atoms with E-state index >= 15 is 0 Å². The standard InChI is InChI=1S/C18H22NP/c1-15-12-16(19-13-15)14-20(17-8-4-2-5-9-17)18-10-6-3-7-11-18/h2-11,15-16,19H,12-14H2,1H3/t15-,16-/m0/s1. The molecular weight excluding hydrogens is 261 g/mol. The monoisotopic (exact) mass is 283 g/mol. The lowest BCUT2D eigenvalue weighted by atomic mass is 10.1. The predicted molar refractivity (Wildman–Crippen MR) is 89.5 cm³/mol. The van der Waals surface area contributed by atoms with Crippen molar-refractivity contribution in [2.24, 2.45) is 5.92 Å². The van der Waals surface area contributed by atoms with E-state index in [4.69, 9.17) is 0 Å². The third-order valence-electron chi connectivity index (χ3n) is 3.98. The molecule has 20 heavy (non-hydrogen) atoms. The Hall–Kier alpha value is -1.17. The van der Waals surface area contributed by atoms with Gasteiger partial charge in [0.05, 0.1) is 0 Å². The Bertz CT molecular complexity index is 486. The van der Waals surface area contributed by atoms with E-state index in [9.17, 15) is 0 Å². The van der Waals surface area contributed by atoms with Crippen molar-refractivity contribution in [2.75, 3.05) is 12.7 Å². The van der Waals surface area contributed by atoms with Gasteiger partial charge in [-0.15, -0.1) is 0 Å². The summed E-state index contributed by atoms with van der Waals surface area (Å²) in [5.41, 5.74) is 0. The van der Waals surface area contributed by atoms with Crippen LogP contribution in [-0.2, 0) is 0 Å². The van der Waals surface area contributed by atoms with Gasteiger partial charge >= 0.3 is 0 Å². The van der Waals surface area contributed by atoms with Crippen LogP contribution in [0, 0.1) is 5.92 Å². The van der Waals surface area contributed by atoms with Crippen molar-refractivity contribution in [1.29, 1.82) is 0 Å². The molecule has 2 aromatic carbocycles. The Balaban J connectivity index is 1.84. The van der Waals surface area contributed by atoms with Crippen LogP contribution in [0.3, 0.4) is 0 Å². The number of rotatable bonds is 4. The smallest absolute Gasteiger partial charge is 0.0115 e. The molecule has 1 saturated heterocycles. The van der Waals surface area contributed by atoms with Crippen LogP contribution in [-0.4, -0.2) is 18.7 Å². The Morgan fingerprint density at radius 3 is 1.95 bits per heavy atom. The van der Waals surface area contributed by atoms with Gasteiger partial charge in [0, 0.05) is 6.04 Å². The van der Waals surface area contributed by atoms with Crippen LogP contribution in [0.4, 0.5) is 0 Å². The Labute approximate surface area is 123 Å². The summed E-state index contributed by atoms with van der Waals surface area (Å²) in [6.45, 7) is 3.53. The van der Waals surface area contributed by atoms with Crippen LogP contribution in [0.2, 0.25) is 0 Å². The van der Waals surface area contributed by atoms with Gasteiger partial charge in [-0.2, -0.15) is 0 Å². The summed E-state index contributed by atoms with van der Waals surface area (Å²) in [5.74, 6) is 0.823. The first-order valence-electron chi connectivity index (χ1n) is 7.44. The molecule has 1 aliphatic rings. The molecule has 104 valence electrons. The maximum Gasteiger partial charge on any atom is 0.0115 e. The summed E-state index contributed by atoms with van der Waals surface area (Å²) in [6.07, 6.45) is 2.58. The quantitative estimate of drug-likeness (QED) is 0.850. The van der Waals surface area contributed by atoms with E-state index in [0.29, 0.717) is 6.04 Å². The van der Waals surface area contributed by atoms with Gasteiger partial charge in [0.2, 0.25) is 0 Å². The molecule has 0 amide bonds. The molecule has 3 rings (SSSR count). The van der Waals surface area contributed by atoms with Crippen LogP contribution in [0.1, 0.15) is 13.3 Å². The molecule has 1 N–H and O–H groups in total. The van der Waals surface area contributed by atoms with Crippen molar-refractivity contribution in [3.05, 3.63) is 60.7 Å². The highest BCUT2D eigenvalue weighted by molar-refractivity contribution is 7.73. The highest BCUT2D eigenvalue weighted by Crippen LogP contribution is 2.36. The first kappa shape index (κ1) is 13.8. The number of nitrogens with one attached hydrogen (secondary N) is 1. The summed E-state index contributed by atoms with van der Waals surface area (Å²) >= 11 is 0. The average molecular weight is 283 g/mol. The van der Waals surface area contributed by atoms with Gasteiger partial charge in [-0.1, -0.05) is 67.6 Å². The second kappa shape index (κ2) is 6.52. The summed E-state index contributed by atoms with van der Waals surface area (Å²) in [4.78, 5) is 0. The fraction of sp³-hybridized carbons (Fsp3) is 0.333. The van der Waals surface area contributed by atoms with Crippen molar-refractivity contribution in [3.63, 3.8) is 0 Å². The highest BCUT2D eigenvalue weighted by atomic mass is 31.1. The van der Waals surface area contributed by atoms with Crippen LogP contribution in [0.15, 0.2) is 60.7 Å². The van der Waals surface area contributed by atoms with Gasteiger partial charge in [-0.3, -0.25) is 0 Å². The minimum Gasteiger partial charge on any atom is -0.313 e. The molecule has 0 spiro atoms. The lowest BCUT2D eigenvalue weighted by Gasteiger charge is -2.22. The fourth-order valence-electron chi connectivity index (χ4n) is 2.96. The summed E-state index contributed by atoms with van der Waals surface area (Å²) in [6, 6.07) is 22.7. The molecule has 1 fully saturated rings. The molecule has 2 aromatic rings. The van der Waals surface area contributed by atoms with Crippen LogP contribution in [0.25, 0.3) is 0 Å². The van der Waals surface area contributed by atoms with Gasteiger partial charge in [0.25, 0.3) is 0 Å². The average Bonchev–Trinajstić information content (AvgIpc) is 2.92. The number of benzene rings is 2. The Morgan fingerprint density at radius 2 is 1.50 bits per heavy atom. The molecule has 0 unspecified atom stereocenters. The van der Waals surface area contributed by atoms with E-state index in [1.54, 1.807) is 0 Å². The zero-order valence-corrected chi connectivity index (χ0v) is 12.9. The molecule has 1 aliphatic heterocycles. The molecule has 0 saturated carbocycles. The SMILES string of the molecule is C[C@@H]1CN[C@H](CP(c2ccccc2)c2ccccc2)C1. The van der Waals surface area contributed by atoms with Crippen LogP contribution in [0.5, 0.6) is 0 Å². The molecule has 2 heteroatoms. The lowest BCUT2D eigenvalue weighted by molar-refractivity contribution is 0.625. The van der Waals surface area contributed by atoms with Crippen molar-refractivity contribution >= 4 is 18.5 Å². The second-order valence-corrected chi connectivity index (χ2v) is 7.98. The van der Waals surface area contributed by atoms with E-state index in [1.165, 1.54) is 29.7 Å². The molecular formula is C18H22NP. The van der Waals surface area contributed by atoms with Gasteiger partial charge < -0.3 is 5.32 Å². The third-order valence-corrected chi connectivity index (χ3v) is 6.63. The normalized spacial score (nSPS) is 22.3. The Kier molecular flexibility index (Phi) is 4.50. The molecule has 0 aromatic heterocycles. The van der Waals surface area contributed by atoms with E-state index in [1.807, 2.05) is 0 Å². The molecule has 0 radical (unpaired) electrons. The first-order valence-corrected chi connectivity index (χ1v) is 8.96. The van der Waals surface area contributed by atoms with E-state index in [0.717, 1.165) is 5.92 Å². The zero-order valence-electron chi connectivity index (χ0n) is 12.0. The molecule has 1 nitrogen and oxygen atoms in total. The van der Waals surface area contributed by atoms with Gasteiger partial charge in [0.1, 0.15) is 0 Å². The molecule has 2 atom stereocenters. The van der Waals surface area contributed by atoms with Gasteiger partial charge in [-0.25, -0.2) is 0 Å². The first-order chi connectivity index (χ1) is 9.83. The highest BCUT2D eigenvalue weighted by Gasteiger charge is 2.25. The summed E-state index contributed by atoms with van der Waals surface area (Å²) in [7, 11) is -0.243. The van der Waals surface area contributed by atoms with Crippen molar-refractivity contribution in [2.45, 2.75) is 19.4 Å². The minimum absolute atomic E-state index is 0.243. The van der Waals surface area contributed by atoms with Gasteiger partial charge in [0.15, 0.2) is 0 Å². The molecule has 0 aliphatic carbocycles. The van der Waals surface area contributed by atoms with Crippen molar-refractivity contribution in [3.8, 4) is 0 Å². The van der Waals surface area contributed by atoms with Gasteiger partial charge in [-0.05, 0) is 43.6 Å². The third kappa shape index (κ3) is 3.29. The summed E-state index contributed by atoms with van der Waals surface area (Å²) in [5, 5.41) is 6.68. The van der Waals surface area contributed by atoms with E-state index in [-0.39, 0.29) is 7.92 Å². The van der Waals surface area contributed by atoms with Crippen LogP contribution < -0.4 is 15.9 Å². The maximum atomic E-state index is 3.69. The Morgan fingerprint density at radius 1 is 0.950 bits per heavy atom. The second-order valence-electron chi connectivity index (χ2n) is 5.73. The fourth-order valence-corrected chi connectivity index (χ4v) is 5.46. The lowest BCUT2D eigenvalue weighted by Crippen LogP contribution is -2.28. The predicted octanol–water partition coefficient (Wildman–Crippen LogP) is 3.12. The van der Waals surface area contributed by atoms with E-state index < -0.39 is 0 Å². The minimum atomic E-state index is -0.243. The number of hydrogen-bond donors (Lipinski definition) is 1. The summed E-state index contributed by atoms with van der Waals surface area (Å²) < 4.78 is 0. The van der Waals surface area contributed by atoms with E-state index in [2.05, 4.69) is 72.9 Å². The topological polar surface area (TPSA) is 12.0 Å².